The fourth-order valence-corrected chi connectivity index (χ4v) is 3.56. The first-order valence-corrected chi connectivity index (χ1v) is 10.0. The van der Waals surface area contributed by atoms with Crippen LogP contribution >= 0.6 is 0 Å². The number of benzene rings is 1. The first-order valence-electron chi connectivity index (χ1n) is 10.0. The number of nitrogens with one attached hydrogen (secondary N) is 3. The smallest absolute Gasteiger partial charge is 0.324 e. The Hall–Kier alpha value is -3.62. The molecule has 0 saturated heterocycles. The zero-order valence-electron chi connectivity index (χ0n) is 17.0. The van der Waals surface area contributed by atoms with Gasteiger partial charge in [-0.3, -0.25) is 15.1 Å². The summed E-state index contributed by atoms with van der Waals surface area (Å²) in [6.45, 7) is 4.18. The lowest BCUT2D eigenvalue weighted by Crippen LogP contribution is -2.26. The molecule has 2 aromatic heterocycles. The Kier molecular flexibility index (Phi) is 5.51. The summed E-state index contributed by atoms with van der Waals surface area (Å²) in [5.74, 6) is 1.28. The number of aryl methyl sites for hydroxylation is 2. The number of urea groups is 1. The summed E-state index contributed by atoms with van der Waals surface area (Å²) in [7, 11) is 0. The highest BCUT2D eigenvalue weighted by Crippen LogP contribution is 2.24. The molecule has 2 amide bonds. The van der Waals surface area contributed by atoms with Gasteiger partial charge in [0.05, 0.1) is 23.7 Å². The van der Waals surface area contributed by atoms with E-state index in [-0.39, 0.29) is 5.56 Å². The minimum atomic E-state index is -0.455. The number of para-hydroxylation sites is 2. The molecular formula is C21H24N6O3. The van der Waals surface area contributed by atoms with Crippen molar-refractivity contribution in [2.45, 2.75) is 39.5 Å². The molecule has 3 aromatic rings. The zero-order valence-corrected chi connectivity index (χ0v) is 17.0. The molecule has 156 valence electrons. The van der Waals surface area contributed by atoms with Crippen molar-refractivity contribution in [2.24, 2.45) is 0 Å². The van der Waals surface area contributed by atoms with Crippen molar-refractivity contribution >= 4 is 17.5 Å². The van der Waals surface area contributed by atoms with Gasteiger partial charge in [0.15, 0.2) is 0 Å². The van der Waals surface area contributed by atoms with E-state index >= 15 is 0 Å². The van der Waals surface area contributed by atoms with E-state index in [4.69, 9.17) is 4.74 Å². The topological polar surface area (TPSA) is 114 Å². The van der Waals surface area contributed by atoms with Crippen molar-refractivity contribution in [2.75, 3.05) is 17.2 Å². The van der Waals surface area contributed by atoms with Crippen LogP contribution < -0.4 is 20.9 Å². The molecule has 4 rings (SSSR count). The summed E-state index contributed by atoms with van der Waals surface area (Å²) < 4.78 is 6.99. The Morgan fingerprint density at radius 1 is 1.23 bits per heavy atom. The Labute approximate surface area is 173 Å². The van der Waals surface area contributed by atoms with E-state index in [0.29, 0.717) is 35.5 Å². The number of aromatic nitrogens is 4. The highest BCUT2D eigenvalue weighted by Gasteiger charge is 2.19. The number of amides is 2. The average Bonchev–Trinajstić information content (AvgIpc) is 3.09. The standard InChI is InChI=1S/C21H24N6O3/c1-3-30-17-11-7-6-10-16(17)23-21(29)24-18-12-13(2)26-27(18)20-22-15-9-5-4-8-14(15)19(28)25-20/h6-7,10-12H,3-5,8-9H2,1-2H3,(H,22,25,28)(H2,23,24,29). The van der Waals surface area contributed by atoms with Crippen molar-refractivity contribution in [3.63, 3.8) is 0 Å². The molecule has 0 unspecified atom stereocenters. The van der Waals surface area contributed by atoms with Gasteiger partial charge in [-0.2, -0.15) is 9.78 Å². The number of hydrogen-bond acceptors (Lipinski definition) is 5. The van der Waals surface area contributed by atoms with Gasteiger partial charge >= 0.3 is 6.03 Å². The summed E-state index contributed by atoms with van der Waals surface area (Å²) >= 11 is 0. The van der Waals surface area contributed by atoms with Crippen LogP contribution in [0.15, 0.2) is 35.1 Å². The molecular weight excluding hydrogens is 384 g/mol. The van der Waals surface area contributed by atoms with Gasteiger partial charge in [-0.1, -0.05) is 12.1 Å². The fourth-order valence-electron chi connectivity index (χ4n) is 3.56. The number of hydrogen-bond donors (Lipinski definition) is 3. The summed E-state index contributed by atoms with van der Waals surface area (Å²) in [4.78, 5) is 32.5. The number of H-pyrrole nitrogens is 1. The monoisotopic (exact) mass is 408 g/mol. The number of carbonyl (C=O) groups is 1. The summed E-state index contributed by atoms with van der Waals surface area (Å²) in [5, 5.41) is 9.96. The van der Waals surface area contributed by atoms with Crippen LogP contribution in [-0.2, 0) is 12.8 Å². The molecule has 0 radical (unpaired) electrons. The normalized spacial score (nSPS) is 12.9. The highest BCUT2D eigenvalue weighted by molar-refractivity contribution is 6.00. The largest absolute Gasteiger partial charge is 0.492 e. The van der Waals surface area contributed by atoms with Gasteiger partial charge in [0.1, 0.15) is 11.6 Å². The van der Waals surface area contributed by atoms with Crippen LogP contribution in [0.5, 0.6) is 5.75 Å². The molecule has 3 N–H and O–H groups in total. The van der Waals surface area contributed by atoms with Crippen LogP contribution in [0.25, 0.3) is 5.95 Å². The van der Waals surface area contributed by atoms with Gasteiger partial charge in [0.2, 0.25) is 5.95 Å². The Balaban J connectivity index is 1.59. The van der Waals surface area contributed by atoms with Gasteiger partial charge in [-0.05, 0) is 51.7 Å². The van der Waals surface area contributed by atoms with Crippen LogP contribution in [0.2, 0.25) is 0 Å². The maximum atomic E-state index is 12.6. The summed E-state index contributed by atoms with van der Waals surface area (Å²) in [6, 6.07) is 8.46. The van der Waals surface area contributed by atoms with E-state index in [2.05, 4.69) is 25.7 Å². The molecule has 9 nitrogen and oxygen atoms in total. The lowest BCUT2D eigenvalue weighted by Gasteiger charge is -2.15. The maximum absolute atomic E-state index is 12.6. The summed E-state index contributed by atoms with van der Waals surface area (Å²) in [5.41, 5.74) is 2.63. The number of anilines is 2. The first kappa shape index (κ1) is 19.7. The van der Waals surface area contributed by atoms with Crippen LogP contribution in [0.1, 0.15) is 36.7 Å². The first-order chi connectivity index (χ1) is 14.5. The van der Waals surface area contributed by atoms with Crippen LogP contribution in [0.4, 0.5) is 16.3 Å². The molecule has 0 spiro atoms. The van der Waals surface area contributed by atoms with Gasteiger partial charge in [-0.15, -0.1) is 0 Å². The van der Waals surface area contributed by atoms with Crippen molar-refractivity contribution in [1.82, 2.24) is 19.7 Å². The van der Waals surface area contributed by atoms with Gasteiger partial charge in [0, 0.05) is 11.6 Å². The molecule has 0 aliphatic heterocycles. The highest BCUT2D eigenvalue weighted by atomic mass is 16.5. The quantitative estimate of drug-likeness (QED) is 0.600. The van der Waals surface area contributed by atoms with Gasteiger partial charge in [-0.25, -0.2) is 9.78 Å². The average molecular weight is 408 g/mol. The second-order valence-corrected chi connectivity index (χ2v) is 7.11. The van der Waals surface area contributed by atoms with E-state index in [1.165, 1.54) is 4.68 Å². The minimum Gasteiger partial charge on any atom is -0.492 e. The lowest BCUT2D eigenvalue weighted by atomic mass is 9.97. The van der Waals surface area contributed by atoms with Crippen LogP contribution in [-0.4, -0.2) is 32.4 Å². The molecule has 2 heterocycles. The molecule has 30 heavy (non-hydrogen) atoms. The number of fused-ring (bicyclic) bond motifs is 1. The van der Waals surface area contributed by atoms with Crippen LogP contribution in [0, 0.1) is 6.92 Å². The fraction of sp³-hybridized carbons (Fsp3) is 0.333. The maximum Gasteiger partial charge on any atom is 0.324 e. The molecule has 0 atom stereocenters. The van der Waals surface area contributed by atoms with Crippen molar-refractivity contribution in [1.29, 1.82) is 0 Å². The molecule has 0 fully saturated rings. The number of nitrogens with zero attached hydrogens (tertiary/aromatic N) is 3. The van der Waals surface area contributed by atoms with E-state index in [1.54, 1.807) is 25.1 Å². The molecule has 1 aliphatic carbocycles. The molecule has 0 bridgehead atoms. The van der Waals surface area contributed by atoms with E-state index in [9.17, 15) is 9.59 Å². The van der Waals surface area contributed by atoms with E-state index < -0.39 is 6.03 Å². The van der Waals surface area contributed by atoms with Crippen LogP contribution in [0.3, 0.4) is 0 Å². The molecule has 9 heteroatoms. The third-order valence-corrected chi connectivity index (χ3v) is 4.89. The Morgan fingerprint density at radius 2 is 2.03 bits per heavy atom. The predicted molar refractivity (Wildman–Crippen MR) is 114 cm³/mol. The SMILES string of the molecule is CCOc1ccccc1NC(=O)Nc1cc(C)nn1-c1nc2c(c(=O)[nH]1)CCCC2. The third-order valence-electron chi connectivity index (χ3n) is 4.89. The second kappa shape index (κ2) is 8.40. The van der Waals surface area contributed by atoms with E-state index in [1.807, 2.05) is 19.1 Å². The third kappa shape index (κ3) is 4.05. The molecule has 0 saturated carbocycles. The van der Waals surface area contributed by atoms with Crippen molar-refractivity contribution in [3.8, 4) is 11.7 Å². The molecule has 1 aromatic carbocycles. The predicted octanol–water partition coefficient (Wildman–Crippen LogP) is 3.19. The van der Waals surface area contributed by atoms with E-state index in [0.717, 1.165) is 36.9 Å². The Morgan fingerprint density at radius 3 is 2.87 bits per heavy atom. The lowest BCUT2D eigenvalue weighted by molar-refractivity contribution is 0.261. The number of ether oxygens (including phenoxy) is 1. The van der Waals surface area contributed by atoms with Gasteiger partial charge in [0.25, 0.3) is 5.56 Å². The number of aromatic amines is 1. The summed E-state index contributed by atoms with van der Waals surface area (Å²) in [6.07, 6.45) is 3.51. The van der Waals surface area contributed by atoms with Crippen molar-refractivity contribution < 1.29 is 9.53 Å². The second-order valence-electron chi connectivity index (χ2n) is 7.11. The zero-order chi connectivity index (χ0) is 21.1. The van der Waals surface area contributed by atoms with Gasteiger partial charge < -0.3 is 10.1 Å². The minimum absolute atomic E-state index is 0.149. The molecule has 1 aliphatic rings. The van der Waals surface area contributed by atoms with Crippen molar-refractivity contribution in [3.05, 3.63) is 57.6 Å². The Bertz CT molecular complexity index is 1130. The number of carbonyl (C=O) groups excluding carboxylic acids is 1. The number of rotatable bonds is 5.